The van der Waals surface area contributed by atoms with Gasteiger partial charge in [0.2, 0.25) is 5.82 Å². The average molecular weight is 525 g/mol. The van der Waals surface area contributed by atoms with Gasteiger partial charge in [0.05, 0.1) is 35.9 Å². The number of rotatable bonds is 8. The number of nitrogens with one attached hydrogen (secondary N) is 2. The van der Waals surface area contributed by atoms with Crippen LogP contribution in [0, 0.1) is 5.82 Å². The van der Waals surface area contributed by atoms with E-state index in [2.05, 4.69) is 41.2 Å². The molecule has 1 aliphatic heterocycles. The van der Waals surface area contributed by atoms with Gasteiger partial charge in [-0.05, 0) is 58.3 Å². The molecule has 1 aromatic carbocycles. The first kappa shape index (κ1) is 23.5. The number of aromatic nitrogens is 2. The van der Waals surface area contributed by atoms with Crippen molar-refractivity contribution in [1.29, 1.82) is 0 Å². The highest BCUT2D eigenvalue weighted by atomic mass is 79.9. The molecule has 31 heavy (non-hydrogen) atoms. The van der Waals surface area contributed by atoms with E-state index in [4.69, 9.17) is 4.18 Å². The van der Waals surface area contributed by atoms with Gasteiger partial charge in [-0.3, -0.25) is 14.9 Å². The lowest BCUT2D eigenvalue weighted by Crippen LogP contribution is -2.64. The summed E-state index contributed by atoms with van der Waals surface area (Å²) in [5, 5.41) is 19.3. The molecule has 1 saturated heterocycles. The molecule has 15 heteroatoms. The van der Waals surface area contributed by atoms with Crippen LogP contribution < -0.4 is 10.8 Å². The molecule has 0 saturated carbocycles. The lowest BCUT2D eigenvalue weighted by molar-refractivity contribution is 0.0223. The van der Waals surface area contributed by atoms with Gasteiger partial charge in [0, 0.05) is 0 Å². The smallest absolute Gasteiger partial charge is 0.338 e. The number of hydrogen-bond donors (Lipinski definition) is 3. The van der Waals surface area contributed by atoms with E-state index in [9.17, 15) is 22.4 Å². The third-order valence-corrected chi connectivity index (χ3v) is 6.21. The first-order valence-electron chi connectivity index (χ1n) is 8.91. The Kier molecular flexibility index (Phi) is 6.90. The van der Waals surface area contributed by atoms with Crippen LogP contribution in [-0.2, 0) is 14.5 Å². The summed E-state index contributed by atoms with van der Waals surface area (Å²) in [5.74, 6) is -0.733. The van der Waals surface area contributed by atoms with Crippen LogP contribution in [-0.4, -0.2) is 65.5 Å². The highest BCUT2D eigenvalue weighted by molar-refractivity contribution is 9.10. The fraction of sp³-hybridized carbons (Fsp3) is 0.438. The molecule has 1 aromatic heterocycles. The van der Waals surface area contributed by atoms with Gasteiger partial charge >= 0.3 is 10.3 Å². The van der Waals surface area contributed by atoms with Crippen molar-refractivity contribution >= 4 is 43.6 Å². The van der Waals surface area contributed by atoms with Crippen LogP contribution in [0.2, 0.25) is 0 Å². The Morgan fingerprint density at radius 2 is 2.16 bits per heavy atom. The van der Waals surface area contributed by atoms with Crippen molar-refractivity contribution < 1.29 is 31.2 Å². The van der Waals surface area contributed by atoms with Gasteiger partial charge in [0.15, 0.2) is 17.2 Å². The van der Waals surface area contributed by atoms with E-state index in [-0.39, 0.29) is 34.1 Å². The summed E-state index contributed by atoms with van der Waals surface area (Å²) in [7, 11) is -4.01. The molecule has 1 aliphatic rings. The first-order chi connectivity index (χ1) is 14.5. The van der Waals surface area contributed by atoms with E-state index < -0.39 is 41.0 Å². The van der Waals surface area contributed by atoms with Crippen molar-refractivity contribution in [3.8, 4) is 0 Å². The van der Waals surface area contributed by atoms with Crippen LogP contribution in [0.1, 0.15) is 19.5 Å². The van der Waals surface area contributed by atoms with Gasteiger partial charge < -0.3 is 5.32 Å². The highest BCUT2D eigenvalue weighted by Crippen LogP contribution is 2.30. The summed E-state index contributed by atoms with van der Waals surface area (Å²) in [6.07, 6.45) is -0.563. The standard InChI is InChI=1S/C16H19BrF2N6O5S/c1-9(2)29-31(27,28)25-7-16(19,8-25)6-20-14-13(23-30-24-14)15(22-26)21-10-3-4-12(18)11(17)5-10/h3-5,9,26H,6-8H2,1-2H3,(H,20,24)(H,21,22). The predicted molar refractivity (Wildman–Crippen MR) is 109 cm³/mol. The van der Waals surface area contributed by atoms with Crippen molar-refractivity contribution in [3.63, 3.8) is 0 Å². The molecular formula is C16H19BrF2N6O5S. The lowest BCUT2D eigenvalue weighted by Gasteiger charge is -2.42. The third kappa shape index (κ3) is 5.54. The van der Waals surface area contributed by atoms with Gasteiger partial charge in [-0.25, -0.2) is 18.4 Å². The number of benzene rings is 1. The first-order valence-corrected chi connectivity index (χ1v) is 11.1. The number of alkyl halides is 1. The largest absolute Gasteiger partial charge is 0.362 e. The third-order valence-electron chi connectivity index (χ3n) is 4.09. The van der Waals surface area contributed by atoms with E-state index in [0.29, 0.717) is 0 Å². The second-order valence-electron chi connectivity index (χ2n) is 7.01. The molecule has 3 rings (SSSR count). The second-order valence-corrected chi connectivity index (χ2v) is 9.43. The van der Waals surface area contributed by atoms with E-state index in [1.807, 2.05) is 5.48 Å². The Morgan fingerprint density at radius 3 is 2.77 bits per heavy atom. The summed E-state index contributed by atoms with van der Waals surface area (Å²) in [4.78, 5) is 4.09. The molecule has 2 aromatic rings. The molecule has 0 atom stereocenters. The van der Waals surface area contributed by atoms with Crippen molar-refractivity contribution in [2.75, 3.05) is 25.0 Å². The Morgan fingerprint density at radius 1 is 1.45 bits per heavy atom. The van der Waals surface area contributed by atoms with Crippen LogP contribution in [0.5, 0.6) is 0 Å². The van der Waals surface area contributed by atoms with Crippen molar-refractivity contribution in [2.24, 2.45) is 4.99 Å². The molecule has 0 unspecified atom stereocenters. The molecule has 3 N–H and O–H groups in total. The van der Waals surface area contributed by atoms with E-state index in [1.165, 1.54) is 18.2 Å². The van der Waals surface area contributed by atoms with E-state index in [0.717, 1.165) is 4.31 Å². The quantitative estimate of drug-likeness (QED) is 0.268. The lowest BCUT2D eigenvalue weighted by atomic mass is 9.99. The highest BCUT2D eigenvalue weighted by Gasteiger charge is 2.49. The van der Waals surface area contributed by atoms with E-state index in [1.54, 1.807) is 13.8 Å². The minimum atomic E-state index is -4.01. The maximum Gasteiger partial charge on any atom is 0.338 e. The summed E-state index contributed by atoms with van der Waals surface area (Å²) in [6, 6.07) is 3.90. The molecule has 170 valence electrons. The number of aliphatic imine (C=N–C) groups is 1. The fourth-order valence-corrected chi connectivity index (χ4v) is 4.43. The summed E-state index contributed by atoms with van der Waals surface area (Å²) in [5.41, 5.74) is 0.157. The minimum absolute atomic E-state index is 0.0433. The maximum absolute atomic E-state index is 14.8. The molecule has 0 aliphatic carbocycles. The van der Waals surface area contributed by atoms with Gasteiger partial charge in [0.25, 0.3) is 0 Å². The van der Waals surface area contributed by atoms with Gasteiger partial charge in [-0.2, -0.15) is 12.7 Å². The molecular weight excluding hydrogens is 506 g/mol. The number of nitrogens with zero attached hydrogens (tertiary/aromatic N) is 4. The Hall–Kier alpha value is -2.20. The number of anilines is 1. The summed E-state index contributed by atoms with van der Waals surface area (Å²) < 4.78 is 62.6. The fourth-order valence-electron chi connectivity index (χ4n) is 2.68. The van der Waals surface area contributed by atoms with Crippen LogP contribution in [0.4, 0.5) is 20.3 Å². The SMILES string of the molecule is CC(C)OS(=O)(=O)N1CC(F)(CNc2nonc2C(=Nc2ccc(F)c(Br)c2)NO)C1. The molecule has 0 amide bonds. The second kappa shape index (κ2) is 9.12. The molecule has 11 nitrogen and oxygen atoms in total. The molecule has 2 heterocycles. The summed E-state index contributed by atoms with van der Waals surface area (Å²) >= 11 is 3.03. The van der Waals surface area contributed by atoms with Crippen LogP contribution in [0.15, 0.2) is 32.3 Å². The molecule has 0 bridgehead atoms. The normalized spacial score (nSPS) is 16.9. The Labute approximate surface area is 184 Å². The molecule has 1 fully saturated rings. The molecule has 0 radical (unpaired) electrons. The van der Waals surface area contributed by atoms with Gasteiger partial charge in [-0.15, -0.1) is 0 Å². The monoisotopic (exact) mass is 524 g/mol. The molecule has 0 spiro atoms. The summed E-state index contributed by atoms with van der Waals surface area (Å²) in [6.45, 7) is 1.99. The van der Waals surface area contributed by atoms with Crippen molar-refractivity contribution in [2.45, 2.75) is 25.6 Å². The topological polar surface area (TPSA) is 142 Å². The number of amidine groups is 1. The van der Waals surface area contributed by atoms with Crippen molar-refractivity contribution in [3.05, 3.63) is 34.2 Å². The van der Waals surface area contributed by atoms with Gasteiger partial charge in [-0.1, -0.05) is 0 Å². The van der Waals surface area contributed by atoms with Crippen LogP contribution in [0.3, 0.4) is 0 Å². The Balaban J connectivity index is 1.68. The minimum Gasteiger partial charge on any atom is -0.362 e. The average Bonchev–Trinajstić information content (AvgIpc) is 3.12. The number of halogens is 3. The maximum atomic E-state index is 14.8. The van der Waals surface area contributed by atoms with Crippen molar-refractivity contribution in [1.82, 2.24) is 20.1 Å². The zero-order valence-corrected chi connectivity index (χ0v) is 18.7. The zero-order valence-electron chi connectivity index (χ0n) is 16.3. The Bertz CT molecular complexity index is 1070. The van der Waals surface area contributed by atoms with Gasteiger partial charge in [0.1, 0.15) is 5.82 Å². The number of hydrogen-bond acceptors (Lipinski definition) is 9. The number of hydroxylamine groups is 1. The van der Waals surface area contributed by atoms with Crippen LogP contribution >= 0.6 is 15.9 Å². The van der Waals surface area contributed by atoms with E-state index >= 15 is 0 Å². The zero-order chi connectivity index (χ0) is 22.8. The van der Waals surface area contributed by atoms with Crippen LogP contribution in [0.25, 0.3) is 0 Å². The predicted octanol–water partition coefficient (Wildman–Crippen LogP) is 2.13.